The van der Waals surface area contributed by atoms with Crippen molar-refractivity contribution in [2.24, 2.45) is 0 Å². The molecule has 0 bridgehead atoms. The zero-order valence-electron chi connectivity index (χ0n) is 10.7. The number of fused-ring (bicyclic) bond motifs is 1. The lowest BCUT2D eigenvalue weighted by molar-refractivity contribution is 1.11. The molecule has 0 aliphatic rings. The third-order valence-electron chi connectivity index (χ3n) is 3.42. The molecule has 1 atom stereocenters. The fourth-order valence-corrected chi connectivity index (χ4v) is 3.04. The summed E-state index contributed by atoms with van der Waals surface area (Å²) >= 11 is 10.1. The van der Waals surface area contributed by atoms with E-state index in [1.807, 2.05) is 43.3 Å². The van der Waals surface area contributed by atoms with Crippen LogP contribution in [0.3, 0.4) is 0 Å². The average molecular weight is 352 g/mol. The Kier molecular flexibility index (Phi) is 3.44. The topological polar surface area (TPSA) is 48.6 Å². The summed E-state index contributed by atoms with van der Waals surface area (Å²) in [6.07, 6.45) is 0. The van der Waals surface area contributed by atoms with Crippen LogP contribution in [-0.2, 0) is 0 Å². The molecule has 1 heterocycles. The molecule has 0 spiro atoms. The minimum absolute atomic E-state index is 0.207. The van der Waals surface area contributed by atoms with Gasteiger partial charge in [0.1, 0.15) is 0 Å². The molecule has 0 radical (unpaired) electrons. The van der Waals surface area contributed by atoms with E-state index < -0.39 is 0 Å². The van der Waals surface area contributed by atoms with Crippen molar-refractivity contribution in [3.05, 3.63) is 68.0 Å². The van der Waals surface area contributed by atoms with Crippen LogP contribution in [0, 0.1) is 6.92 Å². The lowest BCUT2D eigenvalue weighted by Gasteiger charge is -2.14. The van der Waals surface area contributed by atoms with Gasteiger partial charge in [0.25, 0.3) is 0 Å². The number of H-pyrrole nitrogens is 2. The van der Waals surface area contributed by atoms with Gasteiger partial charge in [-0.15, -0.1) is 11.6 Å². The van der Waals surface area contributed by atoms with E-state index in [1.54, 1.807) is 0 Å². The fraction of sp³-hybridized carbons (Fsp3) is 0.133. The molecule has 0 saturated heterocycles. The van der Waals surface area contributed by atoms with Crippen LogP contribution in [0.1, 0.15) is 22.1 Å². The lowest BCUT2D eigenvalue weighted by Crippen LogP contribution is -1.99. The van der Waals surface area contributed by atoms with Gasteiger partial charge in [-0.3, -0.25) is 0 Å². The SMILES string of the molecule is Cc1c(Br)cccc1C(Cl)c1ccc2[nH]c(=O)[nH]c2c1. The van der Waals surface area contributed by atoms with Crippen molar-refractivity contribution >= 4 is 38.6 Å². The van der Waals surface area contributed by atoms with E-state index in [9.17, 15) is 4.79 Å². The Morgan fingerprint density at radius 3 is 2.70 bits per heavy atom. The van der Waals surface area contributed by atoms with Gasteiger partial charge in [-0.2, -0.15) is 0 Å². The number of imidazole rings is 1. The largest absolute Gasteiger partial charge is 0.323 e. The van der Waals surface area contributed by atoms with Gasteiger partial charge in [0.2, 0.25) is 0 Å². The number of benzene rings is 2. The van der Waals surface area contributed by atoms with Gasteiger partial charge in [0.05, 0.1) is 16.4 Å². The zero-order chi connectivity index (χ0) is 14.3. The summed E-state index contributed by atoms with van der Waals surface area (Å²) in [6.45, 7) is 2.03. The molecular formula is C15H12BrClN2O. The maximum absolute atomic E-state index is 11.3. The second-order valence-corrected chi connectivity index (χ2v) is 5.99. The van der Waals surface area contributed by atoms with Crippen molar-refractivity contribution in [3.63, 3.8) is 0 Å². The van der Waals surface area contributed by atoms with Gasteiger partial charge in [-0.25, -0.2) is 4.79 Å². The van der Waals surface area contributed by atoms with Crippen LogP contribution in [0.4, 0.5) is 0 Å². The van der Waals surface area contributed by atoms with Crippen LogP contribution in [0.2, 0.25) is 0 Å². The predicted molar refractivity (Wildman–Crippen MR) is 85.5 cm³/mol. The monoisotopic (exact) mass is 350 g/mol. The van der Waals surface area contributed by atoms with Gasteiger partial charge < -0.3 is 9.97 Å². The Morgan fingerprint density at radius 1 is 1.15 bits per heavy atom. The molecular weight excluding hydrogens is 340 g/mol. The molecule has 3 rings (SSSR count). The Balaban J connectivity index is 2.09. The van der Waals surface area contributed by atoms with Gasteiger partial charge in [-0.05, 0) is 41.8 Å². The number of hydrogen-bond acceptors (Lipinski definition) is 1. The second kappa shape index (κ2) is 5.11. The summed E-state index contributed by atoms with van der Waals surface area (Å²) in [5.41, 5.74) is 4.48. The van der Waals surface area contributed by atoms with Gasteiger partial charge in [0, 0.05) is 4.47 Å². The van der Waals surface area contributed by atoms with E-state index in [0.717, 1.165) is 32.2 Å². The number of nitrogens with one attached hydrogen (secondary N) is 2. The first-order chi connectivity index (χ1) is 9.56. The first-order valence-electron chi connectivity index (χ1n) is 6.17. The third kappa shape index (κ3) is 2.30. The highest BCUT2D eigenvalue weighted by atomic mass is 79.9. The summed E-state index contributed by atoms with van der Waals surface area (Å²) in [7, 11) is 0. The van der Waals surface area contributed by atoms with Crippen LogP contribution in [-0.4, -0.2) is 9.97 Å². The second-order valence-electron chi connectivity index (χ2n) is 4.70. The van der Waals surface area contributed by atoms with E-state index >= 15 is 0 Å². The molecule has 0 aliphatic heterocycles. The Bertz CT molecular complexity index is 837. The van der Waals surface area contributed by atoms with Gasteiger partial charge in [-0.1, -0.05) is 34.1 Å². The minimum Gasteiger partial charge on any atom is -0.306 e. The van der Waals surface area contributed by atoms with Crippen molar-refractivity contribution in [1.82, 2.24) is 9.97 Å². The Hall–Kier alpha value is -1.52. The molecule has 3 nitrogen and oxygen atoms in total. The van der Waals surface area contributed by atoms with Crippen molar-refractivity contribution in [2.75, 3.05) is 0 Å². The minimum atomic E-state index is -0.254. The third-order valence-corrected chi connectivity index (χ3v) is 4.76. The molecule has 1 aromatic heterocycles. The highest BCUT2D eigenvalue weighted by molar-refractivity contribution is 9.10. The molecule has 0 fully saturated rings. The van der Waals surface area contributed by atoms with E-state index in [0.29, 0.717) is 0 Å². The molecule has 1 unspecified atom stereocenters. The lowest BCUT2D eigenvalue weighted by atomic mass is 10.00. The zero-order valence-corrected chi connectivity index (χ0v) is 13.0. The number of rotatable bonds is 2. The predicted octanol–water partition coefficient (Wildman–Crippen LogP) is 4.26. The van der Waals surface area contributed by atoms with Crippen LogP contribution < -0.4 is 5.69 Å². The number of alkyl halides is 1. The van der Waals surface area contributed by atoms with Crippen molar-refractivity contribution < 1.29 is 0 Å². The summed E-state index contributed by atoms with van der Waals surface area (Å²) < 4.78 is 1.04. The molecule has 20 heavy (non-hydrogen) atoms. The molecule has 5 heteroatoms. The molecule has 3 aromatic rings. The normalized spacial score (nSPS) is 12.8. The van der Waals surface area contributed by atoms with Crippen LogP contribution in [0.25, 0.3) is 11.0 Å². The molecule has 0 amide bonds. The molecule has 2 aromatic carbocycles. The van der Waals surface area contributed by atoms with Crippen molar-refractivity contribution in [1.29, 1.82) is 0 Å². The molecule has 102 valence electrons. The van der Waals surface area contributed by atoms with E-state index in [1.165, 1.54) is 0 Å². The van der Waals surface area contributed by atoms with Crippen molar-refractivity contribution in [3.8, 4) is 0 Å². The first kappa shape index (κ1) is 13.5. The van der Waals surface area contributed by atoms with Crippen LogP contribution in [0.5, 0.6) is 0 Å². The summed E-state index contributed by atoms with van der Waals surface area (Å²) in [4.78, 5) is 16.8. The Morgan fingerprint density at radius 2 is 1.90 bits per heavy atom. The number of halogens is 2. The van der Waals surface area contributed by atoms with E-state index in [2.05, 4.69) is 25.9 Å². The first-order valence-corrected chi connectivity index (χ1v) is 7.40. The standard InChI is InChI=1S/C15H12BrClN2O/c1-8-10(3-2-4-11(8)16)14(17)9-5-6-12-13(7-9)19-15(20)18-12/h2-7,14H,1H3,(H2,18,19,20). The fourth-order valence-electron chi connectivity index (χ4n) is 2.29. The number of hydrogen-bond donors (Lipinski definition) is 2. The smallest absolute Gasteiger partial charge is 0.306 e. The molecule has 0 saturated carbocycles. The number of aromatic nitrogens is 2. The summed E-state index contributed by atoms with van der Waals surface area (Å²) in [5.74, 6) is 0. The maximum Gasteiger partial charge on any atom is 0.323 e. The average Bonchev–Trinajstić information content (AvgIpc) is 2.80. The Labute approximate surface area is 129 Å². The van der Waals surface area contributed by atoms with Gasteiger partial charge >= 0.3 is 5.69 Å². The van der Waals surface area contributed by atoms with Crippen LogP contribution >= 0.6 is 27.5 Å². The van der Waals surface area contributed by atoms with Gasteiger partial charge in [0.15, 0.2) is 0 Å². The summed E-state index contributed by atoms with van der Waals surface area (Å²) in [6, 6.07) is 11.7. The highest BCUT2D eigenvalue weighted by Gasteiger charge is 2.15. The van der Waals surface area contributed by atoms with Crippen LogP contribution in [0.15, 0.2) is 45.7 Å². The van der Waals surface area contributed by atoms with Crippen molar-refractivity contribution in [2.45, 2.75) is 12.3 Å². The highest BCUT2D eigenvalue weighted by Crippen LogP contribution is 2.34. The molecule has 2 N–H and O–H groups in total. The van der Waals surface area contributed by atoms with E-state index in [4.69, 9.17) is 11.6 Å². The summed E-state index contributed by atoms with van der Waals surface area (Å²) in [5, 5.41) is -0.254. The quantitative estimate of drug-likeness (QED) is 0.666. The van der Waals surface area contributed by atoms with E-state index in [-0.39, 0.29) is 11.1 Å². The molecule has 0 aliphatic carbocycles. The maximum atomic E-state index is 11.3. The number of aromatic amines is 2.